The lowest BCUT2D eigenvalue weighted by atomic mass is 10.2. The van der Waals surface area contributed by atoms with Crippen LogP contribution in [0.3, 0.4) is 0 Å². The third-order valence-corrected chi connectivity index (χ3v) is 3.62. The second-order valence-electron chi connectivity index (χ2n) is 5.08. The predicted octanol–water partition coefficient (Wildman–Crippen LogP) is 1.23. The maximum Gasteiger partial charge on any atom is 0.335 e. The summed E-state index contributed by atoms with van der Waals surface area (Å²) in [7, 11) is 2.90. The van der Waals surface area contributed by atoms with Crippen LogP contribution in [0.5, 0.6) is 17.4 Å². The van der Waals surface area contributed by atoms with Gasteiger partial charge in [0.25, 0.3) is 5.56 Å². The molecular formula is C17H15N3O5. The van der Waals surface area contributed by atoms with Gasteiger partial charge in [-0.2, -0.15) is 0 Å². The van der Waals surface area contributed by atoms with Crippen LogP contribution in [0.15, 0.2) is 50.6 Å². The van der Waals surface area contributed by atoms with Crippen LogP contribution >= 0.6 is 0 Å². The third-order valence-electron chi connectivity index (χ3n) is 3.62. The van der Waals surface area contributed by atoms with Crippen LogP contribution < -0.4 is 20.7 Å². The SMILES string of the molecule is COc1ccc(OC)c(-n2c(O)c(C=C3C=CC=N3)c(=O)[nH]c2=O)c1. The molecule has 0 saturated carbocycles. The first-order valence-corrected chi connectivity index (χ1v) is 7.28. The van der Waals surface area contributed by atoms with E-state index in [1.54, 1.807) is 30.5 Å². The molecule has 1 aliphatic rings. The summed E-state index contributed by atoms with van der Waals surface area (Å²) < 4.78 is 11.3. The number of H-pyrrole nitrogens is 1. The second-order valence-corrected chi connectivity index (χ2v) is 5.08. The van der Waals surface area contributed by atoms with Crippen molar-refractivity contribution >= 4 is 12.3 Å². The van der Waals surface area contributed by atoms with E-state index in [1.165, 1.54) is 26.4 Å². The van der Waals surface area contributed by atoms with E-state index in [4.69, 9.17) is 9.47 Å². The minimum atomic E-state index is -0.804. The van der Waals surface area contributed by atoms with E-state index < -0.39 is 17.1 Å². The van der Waals surface area contributed by atoms with Gasteiger partial charge in [0.05, 0.1) is 25.6 Å². The minimum Gasteiger partial charge on any atom is -0.497 e. The molecule has 0 radical (unpaired) electrons. The number of aromatic nitrogens is 2. The van der Waals surface area contributed by atoms with E-state index in [9.17, 15) is 14.7 Å². The summed E-state index contributed by atoms with van der Waals surface area (Å²) in [4.78, 5) is 30.6. The molecule has 0 saturated heterocycles. The average molecular weight is 341 g/mol. The number of hydrogen-bond acceptors (Lipinski definition) is 6. The largest absolute Gasteiger partial charge is 0.497 e. The van der Waals surface area contributed by atoms with Crippen molar-refractivity contribution in [1.29, 1.82) is 0 Å². The standard InChI is InChI=1S/C17H15N3O5/c1-24-11-5-6-14(25-2)13(9-11)20-16(22)12(15(21)19-17(20)23)8-10-4-3-7-18-10/h3-9,22H,1-2H3,(H,19,21,23). The molecule has 0 bridgehead atoms. The molecule has 0 spiro atoms. The fourth-order valence-corrected chi connectivity index (χ4v) is 2.41. The van der Waals surface area contributed by atoms with Gasteiger partial charge in [0.1, 0.15) is 17.1 Å². The normalized spacial score (nSPS) is 14.2. The monoisotopic (exact) mass is 341 g/mol. The Kier molecular flexibility index (Phi) is 4.25. The Morgan fingerprint density at radius 2 is 2.04 bits per heavy atom. The summed E-state index contributed by atoms with van der Waals surface area (Å²) in [6, 6.07) is 4.76. The molecule has 0 atom stereocenters. The zero-order valence-electron chi connectivity index (χ0n) is 13.5. The molecule has 128 valence electrons. The van der Waals surface area contributed by atoms with E-state index in [2.05, 4.69) is 9.98 Å². The number of nitrogens with one attached hydrogen (secondary N) is 1. The highest BCUT2D eigenvalue weighted by Crippen LogP contribution is 2.30. The van der Waals surface area contributed by atoms with Gasteiger partial charge in [-0.25, -0.2) is 9.36 Å². The number of ether oxygens (including phenoxy) is 2. The topological polar surface area (TPSA) is 106 Å². The Hall–Kier alpha value is -3.55. The predicted molar refractivity (Wildman–Crippen MR) is 93.0 cm³/mol. The second kappa shape index (κ2) is 6.52. The smallest absolute Gasteiger partial charge is 0.335 e. The van der Waals surface area contributed by atoms with E-state index >= 15 is 0 Å². The van der Waals surface area contributed by atoms with E-state index in [1.807, 2.05) is 0 Å². The fraction of sp³-hybridized carbons (Fsp3) is 0.118. The molecule has 8 nitrogen and oxygen atoms in total. The number of aromatic hydroxyl groups is 1. The van der Waals surface area contributed by atoms with Crippen molar-refractivity contribution in [3.63, 3.8) is 0 Å². The molecule has 25 heavy (non-hydrogen) atoms. The fourth-order valence-electron chi connectivity index (χ4n) is 2.41. The molecule has 0 aliphatic carbocycles. The van der Waals surface area contributed by atoms with Crippen molar-refractivity contribution in [2.24, 2.45) is 4.99 Å². The Morgan fingerprint density at radius 3 is 2.68 bits per heavy atom. The summed E-state index contributed by atoms with van der Waals surface area (Å²) in [5, 5.41) is 10.6. The summed E-state index contributed by atoms with van der Waals surface area (Å²) in [5.41, 5.74) is -0.914. The lowest BCUT2D eigenvalue weighted by Crippen LogP contribution is -2.30. The lowest BCUT2D eigenvalue weighted by Gasteiger charge is -2.14. The third kappa shape index (κ3) is 2.97. The zero-order valence-corrected chi connectivity index (χ0v) is 13.5. The van der Waals surface area contributed by atoms with Gasteiger partial charge in [0, 0.05) is 12.3 Å². The molecule has 0 unspecified atom stereocenters. The summed E-state index contributed by atoms with van der Waals surface area (Å²) in [5.74, 6) is 0.252. The number of hydrogen-bond donors (Lipinski definition) is 2. The Labute approximate surface area is 142 Å². The molecule has 8 heteroatoms. The minimum absolute atomic E-state index is 0.0943. The van der Waals surface area contributed by atoms with Crippen LogP contribution in [0.4, 0.5) is 0 Å². The Morgan fingerprint density at radius 1 is 1.24 bits per heavy atom. The maximum atomic E-state index is 12.3. The molecule has 2 heterocycles. The summed E-state index contributed by atoms with van der Waals surface area (Å²) >= 11 is 0. The first kappa shape index (κ1) is 16.3. The molecule has 3 rings (SSSR count). The molecule has 2 aromatic rings. The van der Waals surface area contributed by atoms with Crippen LogP contribution in [0.2, 0.25) is 0 Å². The van der Waals surface area contributed by atoms with Gasteiger partial charge in [0.2, 0.25) is 5.88 Å². The maximum absolute atomic E-state index is 12.3. The molecule has 2 N–H and O–H groups in total. The van der Waals surface area contributed by atoms with Crippen LogP contribution in [0.25, 0.3) is 11.8 Å². The van der Waals surface area contributed by atoms with Crippen LogP contribution in [0, 0.1) is 0 Å². The van der Waals surface area contributed by atoms with Crippen molar-refractivity contribution < 1.29 is 14.6 Å². The van der Waals surface area contributed by atoms with Gasteiger partial charge >= 0.3 is 5.69 Å². The highest BCUT2D eigenvalue weighted by atomic mass is 16.5. The molecule has 1 aromatic heterocycles. The summed E-state index contributed by atoms with van der Waals surface area (Å²) in [6.07, 6.45) is 6.30. The number of benzene rings is 1. The zero-order chi connectivity index (χ0) is 18.0. The van der Waals surface area contributed by atoms with Gasteiger partial charge in [-0.1, -0.05) is 0 Å². The molecule has 0 fully saturated rings. The number of allylic oxidation sites excluding steroid dienone is 2. The van der Waals surface area contributed by atoms with E-state index in [0.717, 1.165) is 4.57 Å². The van der Waals surface area contributed by atoms with Crippen LogP contribution in [0.1, 0.15) is 5.56 Å². The first-order chi connectivity index (χ1) is 12.0. The number of methoxy groups -OCH3 is 2. The lowest BCUT2D eigenvalue weighted by molar-refractivity contribution is 0.393. The molecule has 1 aromatic carbocycles. The van der Waals surface area contributed by atoms with Crippen molar-refractivity contribution in [1.82, 2.24) is 9.55 Å². The molecular weight excluding hydrogens is 326 g/mol. The highest BCUT2D eigenvalue weighted by Gasteiger charge is 2.18. The van der Waals surface area contributed by atoms with Gasteiger partial charge in [-0.15, -0.1) is 0 Å². The van der Waals surface area contributed by atoms with Gasteiger partial charge in [-0.3, -0.25) is 14.8 Å². The Bertz CT molecular complexity index is 1010. The Balaban J connectivity index is 2.29. The first-order valence-electron chi connectivity index (χ1n) is 7.28. The highest BCUT2D eigenvalue weighted by molar-refractivity contribution is 5.79. The number of aromatic amines is 1. The van der Waals surface area contributed by atoms with Crippen molar-refractivity contribution in [2.45, 2.75) is 0 Å². The number of rotatable bonds is 4. The summed E-state index contributed by atoms with van der Waals surface area (Å²) in [6.45, 7) is 0. The van der Waals surface area contributed by atoms with Gasteiger partial charge in [0.15, 0.2) is 0 Å². The number of nitrogens with zero attached hydrogens (tertiary/aromatic N) is 2. The number of aliphatic imine (C=N–C) groups is 1. The van der Waals surface area contributed by atoms with E-state index in [-0.39, 0.29) is 11.3 Å². The van der Waals surface area contributed by atoms with Crippen molar-refractivity contribution in [2.75, 3.05) is 14.2 Å². The quantitative estimate of drug-likeness (QED) is 0.870. The van der Waals surface area contributed by atoms with Crippen LogP contribution in [-0.4, -0.2) is 35.1 Å². The van der Waals surface area contributed by atoms with Crippen molar-refractivity contribution in [3.05, 3.63) is 62.4 Å². The molecule has 1 aliphatic heterocycles. The van der Waals surface area contributed by atoms with Crippen molar-refractivity contribution in [3.8, 4) is 23.1 Å². The molecule has 0 amide bonds. The van der Waals surface area contributed by atoms with E-state index in [0.29, 0.717) is 17.2 Å². The van der Waals surface area contributed by atoms with Gasteiger partial charge in [-0.05, 0) is 30.4 Å². The van der Waals surface area contributed by atoms with Crippen LogP contribution in [-0.2, 0) is 0 Å². The average Bonchev–Trinajstić information content (AvgIpc) is 3.11. The van der Waals surface area contributed by atoms with Gasteiger partial charge < -0.3 is 14.6 Å².